The molecule has 1 saturated carbocycles. The summed E-state index contributed by atoms with van der Waals surface area (Å²) >= 11 is 1.83. The summed E-state index contributed by atoms with van der Waals surface area (Å²) in [6.45, 7) is 2.04. The quantitative estimate of drug-likeness (QED) is 0.829. The van der Waals surface area contributed by atoms with E-state index in [2.05, 4.69) is 5.32 Å². The molecule has 7 heteroatoms. The number of nitrogens with one attached hydrogen (secondary N) is 1. The van der Waals surface area contributed by atoms with Crippen LogP contribution < -0.4 is 5.32 Å². The summed E-state index contributed by atoms with van der Waals surface area (Å²) in [6.07, 6.45) is 8.99. The molecule has 0 radical (unpaired) electrons. The Morgan fingerprint density at radius 3 is 2.72 bits per heavy atom. The van der Waals surface area contributed by atoms with Crippen molar-refractivity contribution < 1.29 is 8.42 Å². The van der Waals surface area contributed by atoms with Crippen molar-refractivity contribution in [2.24, 2.45) is 0 Å². The first-order chi connectivity index (χ1) is 11.9. The van der Waals surface area contributed by atoms with Gasteiger partial charge in [-0.3, -0.25) is 0 Å². The van der Waals surface area contributed by atoms with Crippen LogP contribution in [0.2, 0.25) is 0 Å². The number of hydrogen-bond acceptors (Lipinski definition) is 6. The lowest BCUT2D eigenvalue weighted by Gasteiger charge is -2.17. The Morgan fingerprint density at radius 1 is 1.24 bits per heavy atom. The first-order valence-corrected chi connectivity index (χ1v) is 12.0. The number of sulfone groups is 1. The number of nitrogens with zero attached hydrogens (tertiary/aromatic N) is 2. The van der Waals surface area contributed by atoms with E-state index in [9.17, 15) is 8.42 Å². The van der Waals surface area contributed by atoms with Gasteiger partial charge in [0.2, 0.25) is 0 Å². The molecule has 25 heavy (non-hydrogen) atoms. The second kappa shape index (κ2) is 6.50. The van der Waals surface area contributed by atoms with E-state index >= 15 is 0 Å². The molecule has 0 amide bonds. The van der Waals surface area contributed by atoms with E-state index in [0.717, 1.165) is 29.3 Å². The van der Waals surface area contributed by atoms with E-state index in [1.807, 2.05) is 18.3 Å². The Hall–Kier alpha value is -1.21. The van der Waals surface area contributed by atoms with Crippen molar-refractivity contribution in [3.8, 4) is 0 Å². The van der Waals surface area contributed by atoms with Gasteiger partial charge < -0.3 is 5.32 Å². The molecular weight excluding hydrogens is 354 g/mol. The molecule has 0 bridgehead atoms. The number of hydrogen-bond donors (Lipinski definition) is 1. The van der Waals surface area contributed by atoms with Gasteiger partial charge in [-0.05, 0) is 57.4 Å². The van der Waals surface area contributed by atoms with Crippen LogP contribution >= 0.6 is 11.3 Å². The number of anilines is 1. The van der Waals surface area contributed by atoms with Gasteiger partial charge in [0, 0.05) is 23.1 Å². The molecule has 5 nitrogen and oxygen atoms in total. The minimum atomic E-state index is -2.94. The lowest BCUT2D eigenvalue weighted by Crippen LogP contribution is -2.21. The van der Waals surface area contributed by atoms with Crippen molar-refractivity contribution >= 4 is 37.2 Å². The summed E-state index contributed by atoms with van der Waals surface area (Å²) in [5, 5.41) is 4.70. The Bertz CT molecular complexity index is 901. The van der Waals surface area contributed by atoms with Crippen LogP contribution in [0, 0.1) is 0 Å². The lowest BCUT2D eigenvalue weighted by molar-refractivity contribution is 0.595. The smallest absolute Gasteiger partial charge is 0.147 e. The average Bonchev–Trinajstić information content (AvgIpc) is 3.33. The summed E-state index contributed by atoms with van der Waals surface area (Å²) in [5.74, 6) is 2.60. The third-order valence-electron chi connectivity index (χ3n) is 5.08. The highest BCUT2D eigenvalue weighted by atomic mass is 32.2. The van der Waals surface area contributed by atoms with Gasteiger partial charge in [0.1, 0.15) is 26.3 Å². The molecule has 2 aliphatic carbocycles. The van der Waals surface area contributed by atoms with Crippen LogP contribution in [0.25, 0.3) is 10.2 Å². The molecule has 4 rings (SSSR count). The number of aryl methyl sites for hydroxylation is 2. The third kappa shape index (κ3) is 3.82. The molecule has 2 aromatic heterocycles. The Morgan fingerprint density at radius 2 is 2.00 bits per heavy atom. The highest BCUT2D eigenvalue weighted by molar-refractivity contribution is 7.90. The highest BCUT2D eigenvalue weighted by Gasteiger charge is 2.29. The predicted molar refractivity (Wildman–Crippen MR) is 103 cm³/mol. The standard InChI is InChI=1S/C18H25N3O2S2/c1-11(9-10-25(2,22)23)19-17-15-13-5-3-4-6-14(13)24-18(15)21-16(20-17)12-7-8-12/h11-12H,3-10H2,1-2H3,(H,19,20,21). The van der Waals surface area contributed by atoms with Gasteiger partial charge in [0.25, 0.3) is 0 Å². The topological polar surface area (TPSA) is 72.0 Å². The van der Waals surface area contributed by atoms with E-state index in [0.29, 0.717) is 12.3 Å². The van der Waals surface area contributed by atoms with E-state index in [1.54, 1.807) is 0 Å². The first-order valence-electron chi connectivity index (χ1n) is 9.17. The van der Waals surface area contributed by atoms with Gasteiger partial charge in [-0.2, -0.15) is 0 Å². The van der Waals surface area contributed by atoms with E-state index in [-0.39, 0.29) is 11.8 Å². The fraction of sp³-hybridized carbons (Fsp3) is 0.667. The molecule has 1 atom stereocenters. The average molecular weight is 380 g/mol. The largest absolute Gasteiger partial charge is 0.367 e. The van der Waals surface area contributed by atoms with Crippen molar-refractivity contribution in [1.82, 2.24) is 9.97 Å². The normalized spacial score (nSPS) is 19.0. The fourth-order valence-corrected chi connectivity index (χ4v) is 5.55. The van der Waals surface area contributed by atoms with Crippen molar-refractivity contribution in [2.45, 2.75) is 63.8 Å². The minimum Gasteiger partial charge on any atom is -0.367 e. The van der Waals surface area contributed by atoms with Crippen LogP contribution in [0.3, 0.4) is 0 Å². The van der Waals surface area contributed by atoms with Gasteiger partial charge in [0.15, 0.2) is 0 Å². The van der Waals surface area contributed by atoms with Gasteiger partial charge in [-0.15, -0.1) is 11.3 Å². The molecular formula is C18H25N3O2S2. The molecule has 2 heterocycles. The van der Waals surface area contributed by atoms with E-state index < -0.39 is 9.84 Å². The number of thiophene rings is 1. The van der Waals surface area contributed by atoms with Crippen molar-refractivity contribution in [1.29, 1.82) is 0 Å². The van der Waals surface area contributed by atoms with Gasteiger partial charge in [0.05, 0.1) is 11.1 Å². The Balaban J connectivity index is 1.69. The SMILES string of the molecule is CC(CCS(C)(=O)=O)Nc1nc(C2CC2)nc2sc3c(c12)CCCC3. The van der Waals surface area contributed by atoms with Crippen molar-refractivity contribution in [2.75, 3.05) is 17.3 Å². The van der Waals surface area contributed by atoms with Crippen LogP contribution in [-0.2, 0) is 22.7 Å². The third-order valence-corrected chi connectivity index (χ3v) is 7.24. The van der Waals surface area contributed by atoms with Crippen LogP contribution in [0.4, 0.5) is 5.82 Å². The Labute approximate surface area is 153 Å². The van der Waals surface area contributed by atoms with Gasteiger partial charge in [-0.1, -0.05) is 0 Å². The summed E-state index contributed by atoms with van der Waals surface area (Å²) in [7, 11) is -2.94. The van der Waals surface area contributed by atoms with E-state index in [1.165, 1.54) is 47.8 Å². The summed E-state index contributed by atoms with van der Waals surface area (Å²) < 4.78 is 22.9. The maximum atomic E-state index is 11.5. The second-order valence-electron chi connectivity index (χ2n) is 7.56. The summed E-state index contributed by atoms with van der Waals surface area (Å²) in [6, 6.07) is 0.0685. The zero-order chi connectivity index (χ0) is 17.6. The van der Waals surface area contributed by atoms with Crippen molar-refractivity contribution in [3.05, 3.63) is 16.3 Å². The van der Waals surface area contributed by atoms with Crippen LogP contribution in [-0.4, -0.2) is 36.4 Å². The maximum Gasteiger partial charge on any atom is 0.147 e. The lowest BCUT2D eigenvalue weighted by atomic mass is 9.97. The minimum absolute atomic E-state index is 0.0685. The molecule has 0 aliphatic heterocycles. The molecule has 2 aliphatic rings. The van der Waals surface area contributed by atoms with Crippen LogP contribution in [0.5, 0.6) is 0 Å². The second-order valence-corrected chi connectivity index (χ2v) is 10.9. The van der Waals surface area contributed by atoms with E-state index in [4.69, 9.17) is 9.97 Å². The van der Waals surface area contributed by atoms with Crippen LogP contribution in [0.1, 0.15) is 61.2 Å². The predicted octanol–water partition coefficient (Wildman–Crippen LogP) is 3.68. The maximum absolute atomic E-state index is 11.5. The molecule has 1 fully saturated rings. The number of fused-ring (bicyclic) bond motifs is 3. The molecule has 136 valence electrons. The first kappa shape index (κ1) is 17.2. The number of aromatic nitrogens is 2. The molecule has 0 spiro atoms. The Kier molecular flexibility index (Phi) is 4.48. The molecule has 1 unspecified atom stereocenters. The molecule has 1 N–H and O–H groups in total. The zero-order valence-electron chi connectivity index (χ0n) is 14.8. The van der Waals surface area contributed by atoms with Gasteiger partial charge in [-0.25, -0.2) is 18.4 Å². The fourth-order valence-electron chi connectivity index (χ4n) is 3.50. The summed E-state index contributed by atoms with van der Waals surface area (Å²) in [5.41, 5.74) is 1.42. The monoisotopic (exact) mass is 379 g/mol. The van der Waals surface area contributed by atoms with Crippen molar-refractivity contribution in [3.63, 3.8) is 0 Å². The van der Waals surface area contributed by atoms with Gasteiger partial charge >= 0.3 is 0 Å². The number of rotatable bonds is 6. The van der Waals surface area contributed by atoms with Crippen LogP contribution in [0.15, 0.2) is 0 Å². The molecule has 0 saturated heterocycles. The molecule has 2 aromatic rings. The summed E-state index contributed by atoms with van der Waals surface area (Å²) in [4.78, 5) is 12.3. The highest BCUT2D eigenvalue weighted by Crippen LogP contribution is 2.43. The molecule has 0 aromatic carbocycles. The zero-order valence-corrected chi connectivity index (χ0v) is 16.5.